The number of carbonyl (C=O) groups excluding carboxylic acids is 2. The van der Waals surface area contributed by atoms with Gasteiger partial charge in [0.1, 0.15) is 24.7 Å². The summed E-state index contributed by atoms with van der Waals surface area (Å²) in [5, 5.41) is 3.89. The van der Waals surface area contributed by atoms with E-state index in [-0.39, 0.29) is 18.4 Å². The van der Waals surface area contributed by atoms with Crippen molar-refractivity contribution in [3.63, 3.8) is 0 Å². The summed E-state index contributed by atoms with van der Waals surface area (Å²) < 4.78 is 16.3. The van der Waals surface area contributed by atoms with Gasteiger partial charge in [0.05, 0.1) is 10.0 Å². The topological polar surface area (TPSA) is 73.9 Å². The van der Waals surface area contributed by atoms with Crippen LogP contribution in [0.25, 0.3) is 0 Å². The normalized spacial score (nSPS) is 15.4. The Morgan fingerprint density at radius 1 is 1.23 bits per heavy atom. The number of amides is 1. The molecule has 0 spiro atoms. The molecule has 6 nitrogen and oxygen atoms in total. The SMILES string of the molecule is O=C(OCc1cc(Cl)c2c(c1)OCCO2)c1ccc(NC(=O)C2CC2)s1. The highest BCUT2D eigenvalue weighted by Gasteiger charge is 2.30. The summed E-state index contributed by atoms with van der Waals surface area (Å²) >= 11 is 7.38. The zero-order chi connectivity index (χ0) is 18.1. The van der Waals surface area contributed by atoms with Crippen LogP contribution < -0.4 is 14.8 Å². The van der Waals surface area contributed by atoms with Crippen LogP contribution in [0, 0.1) is 5.92 Å². The van der Waals surface area contributed by atoms with Gasteiger partial charge in [-0.1, -0.05) is 11.6 Å². The largest absolute Gasteiger partial charge is 0.486 e. The van der Waals surface area contributed by atoms with E-state index in [1.165, 1.54) is 11.3 Å². The minimum absolute atomic E-state index is 0.0117. The van der Waals surface area contributed by atoms with Crippen molar-refractivity contribution in [2.75, 3.05) is 18.5 Å². The van der Waals surface area contributed by atoms with Crippen molar-refractivity contribution < 1.29 is 23.8 Å². The molecule has 136 valence electrons. The number of thiophene rings is 1. The lowest BCUT2D eigenvalue weighted by molar-refractivity contribution is -0.117. The van der Waals surface area contributed by atoms with Gasteiger partial charge in [-0.3, -0.25) is 4.79 Å². The van der Waals surface area contributed by atoms with Gasteiger partial charge in [0.2, 0.25) is 5.91 Å². The standard InChI is InChI=1S/C18H16ClNO5S/c19-12-7-10(8-13-16(12)24-6-5-23-13)9-25-18(22)14-3-4-15(26-14)20-17(21)11-1-2-11/h3-4,7-8,11H,1-2,5-6,9H2,(H,20,21). The lowest BCUT2D eigenvalue weighted by Gasteiger charge is -2.20. The van der Waals surface area contributed by atoms with Crippen LogP contribution in [-0.4, -0.2) is 25.1 Å². The van der Waals surface area contributed by atoms with Crippen LogP contribution in [0.4, 0.5) is 5.00 Å². The Balaban J connectivity index is 1.37. The summed E-state index contributed by atoms with van der Waals surface area (Å²) in [6, 6.07) is 6.80. The van der Waals surface area contributed by atoms with E-state index >= 15 is 0 Å². The Kier molecular flexibility index (Phi) is 4.74. The number of hydrogen-bond donors (Lipinski definition) is 1. The van der Waals surface area contributed by atoms with Gasteiger partial charge in [-0.2, -0.15) is 0 Å². The van der Waals surface area contributed by atoms with Crippen molar-refractivity contribution in [2.45, 2.75) is 19.4 Å². The second-order valence-electron chi connectivity index (χ2n) is 6.11. The first kappa shape index (κ1) is 17.2. The van der Waals surface area contributed by atoms with Gasteiger partial charge in [0.15, 0.2) is 11.5 Å². The Bertz CT molecular complexity index is 861. The predicted molar refractivity (Wildman–Crippen MR) is 97.2 cm³/mol. The maximum absolute atomic E-state index is 12.2. The maximum atomic E-state index is 12.2. The van der Waals surface area contributed by atoms with Crippen LogP contribution in [0.15, 0.2) is 24.3 Å². The number of rotatable bonds is 5. The van der Waals surface area contributed by atoms with E-state index in [1.807, 2.05) is 0 Å². The van der Waals surface area contributed by atoms with Gasteiger partial charge in [0.25, 0.3) is 0 Å². The van der Waals surface area contributed by atoms with Crippen molar-refractivity contribution in [1.29, 1.82) is 0 Å². The first-order chi connectivity index (χ1) is 12.6. The van der Waals surface area contributed by atoms with E-state index < -0.39 is 5.97 Å². The fraction of sp³-hybridized carbons (Fsp3) is 0.333. The minimum Gasteiger partial charge on any atom is -0.486 e. The molecule has 0 radical (unpaired) electrons. The maximum Gasteiger partial charge on any atom is 0.348 e. The highest BCUT2D eigenvalue weighted by molar-refractivity contribution is 7.18. The quantitative estimate of drug-likeness (QED) is 0.780. The van der Waals surface area contributed by atoms with E-state index in [0.29, 0.717) is 45.2 Å². The van der Waals surface area contributed by atoms with Gasteiger partial charge >= 0.3 is 5.97 Å². The lowest BCUT2D eigenvalue weighted by Crippen LogP contribution is -2.16. The summed E-state index contributed by atoms with van der Waals surface area (Å²) in [6.07, 6.45) is 1.87. The van der Waals surface area contributed by atoms with Crippen molar-refractivity contribution in [1.82, 2.24) is 0 Å². The molecule has 0 bridgehead atoms. The monoisotopic (exact) mass is 393 g/mol. The molecule has 0 atom stereocenters. The number of nitrogens with one attached hydrogen (secondary N) is 1. The second-order valence-corrected chi connectivity index (χ2v) is 7.60. The number of carbonyl (C=O) groups is 2. The van der Waals surface area contributed by atoms with E-state index in [0.717, 1.165) is 12.8 Å². The van der Waals surface area contributed by atoms with Crippen LogP contribution in [-0.2, 0) is 16.1 Å². The molecule has 1 aromatic heterocycles. The van der Waals surface area contributed by atoms with E-state index in [2.05, 4.69) is 5.32 Å². The van der Waals surface area contributed by atoms with Gasteiger partial charge in [-0.05, 0) is 42.7 Å². The molecule has 2 aliphatic rings. The number of esters is 1. The van der Waals surface area contributed by atoms with Crippen molar-refractivity contribution in [3.05, 3.63) is 39.7 Å². The Morgan fingerprint density at radius 2 is 2.04 bits per heavy atom. The molecule has 1 aliphatic carbocycles. The van der Waals surface area contributed by atoms with Crippen LogP contribution in [0.1, 0.15) is 28.1 Å². The molecule has 1 fully saturated rings. The molecule has 1 saturated carbocycles. The Morgan fingerprint density at radius 3 is 2.85 bits per heavy atom. The van der Waals surface area contributed by atoms with Crippen LogP contribution in [0.5, 0.6) is 11.5 Å². The van der Waals surface area contributed by atoms with Gasteiger partial charge in [-0.15, -0.1) is 11.3 Å². The fourth-order valence-electron chi connectivity index (χ4n) is 2.55. The molecular formula is C18H16ClNO5S. The molecule has 2 aromatic rings. The smallest absolute Gasteiger partial charge is 0.348 e. The zero-order valence-electron chi connectivity index (χ0n) is 13.7. The van der Waals surface area contributed by atoms with E-state index in [1.54, 1.807) is 24.3 Å². The number of benzene rings is 1. The lowest BCUT2D eigenvalue weighted by atomic mass is 10.2. The minimum atomic E-state index is -0.451. The number of ether oxygens (including phenoxy) is 3. The average Bonchev–Trinajstić information content (AvgIpc) is 3.39. The third kappa shape index (κ3) is 3.78. The molecule has 0 unspecified atom stereocenters. The first-order valence-corrected chi connectivity index (χ1v) is 9.45. The number of hydrogen-bond acceptors (Lipinski definition) is 6. The van der Waals surface area contributed by atoms with Crippen LogP contribution in [0.3, 0.4) is 0 Å². The molecule has 1 amide bonds. The highest BCUT2D eigenvalue weighted by Crippen LogP contribution is 2.38. The summed E-state index contributed by atoms with van der Waals surface area (Å²) in [5.41, 5.74) is 0.714. The molecular weight excluding hydrogens is 378 g/mol. The summed E-state index contributed by atoms with van der Waals surface area (Å²) in [6.45, 7) is 0.979. The van der Waals surface area contributed by atoms with Crippen molar-refractivity contribution >= 4 is 39.8 Å². The first-order valence-electron chi connectivity index (χ1n) is 8.26. The summed E-state index contributed by atoms with van der Waals surface area (Å²) in [5.74, 6) is 0.747. The molecule has 4 rings (SSSR count). The Labute approximate surface area is 159 Å². The number of halogens is 1. The highest BCUT2D eigenvalue weighted by atomic mass is 35.5. The van der Waals surface area contributed by atoms with E-state index in [4.69, 9.17) is 25.8 Å². The summed E-state index contributed by atoms with van der Waals surface area (Å²) in [4.78, 5) is 24.4. The third-order valence-electron chi connectivity index (χ3n) is 4.03. The van der Waals surface area contributed by atoms with Crippen molar-refractivity contribution in [3.8, 4) is 11.5 Å². The fourth-order valence-corrected chi connectivity index (χ4v) is 3.64. The van der Waals surface area contributed by atoms with Crippen LogP contribution in [0.2, 0.25) is 5.02 Å². The number of anilines is 1. The third-order valence-corrected chi connectivity index (χ3v) is 5.29. The van der Waals surface area contributed by atoms with Gasteiger partial charge in [0, 0.05) is 5.92 Å². The molecule has 1 aliphatic heterocycles. The zero-order valence-corrected chi connectivity index (χ0v) is 15.3. The number of fused-ring (bicyclic) bond motifs is 1. The van der Waals surface area contributed by atoms with Gasteiger partial charge in [-0.25, -0.2) is 4.79 Å². The van der Waals surface area contributed by atoms with Gasteiger partial charge < -0.3 is 19.5 Å². The molecule has 0 saturated heterocycles. The molecule has 26 heavy (non-hydrogen) atoms. The van der Waals surface area contributed by atoms with E-state index in [9.17, 15) is 9.59 Å². The Hall–Kier alpha value is -2.25. The molecule has 1 N–H and O–H groups in total. The molecule has 1 aromatic carbocycles. The van der Waals surface area contributed by atoms with Crippen molar-refractivity contribution in [2.24, 2.45) is 5.92 Å². The second kappa shape index (κ2) is 7.17. The molecule has 8 heteroatoms. The summed E-state index contributed by atoms with van der Waals surface area (Å²) in [7, 11) is 0. The molecule has 2 heterocycles. The van der Waals surface area contributed by atoms with Crippen LogP contribution >= 0.6 is 22.9 Å². The average molecular weight is 394 g/mol. The predicted octanol–water partition coefficient (Wildman–Crippen LogP) is 3.88.